The van der Waals surface area contributed by atoms with Crippen molar-refractivity contribution in [1.29, 1.82) is 0 Å². The summed E-state index contributed by atoms with van der Waals surface area (Å²) in [7, 11) is 0. The van der Waals surface area contributed by atoms with Crippen molar-refractivity contribution in [2.45, 2.75) is 32.4 Å². The number of amides is 1. The van der Waals surface area contributed by atoms with Crippen molar-refractivity contribution in [3.8, 4) is 11.3 Å². The number of carbonyl (C=O) groups excluding carboxylic acids is 1. The first kappa shape index (κ1) is 17.4. The zero-order valence-electron chi connectivity index (χ0n) is 14.4. The number of likely N-dealkylation sites (N-methyl/N-ethyl adjacent to an activating group) is 1. The molecule has 1 aliphatic heterocycles. The summed E-state index contributed by atoms with van der Waals surface area (Å²) in [4.78, 5) is 26.4. The fourth-order valence-corrected chi connectivity index (χ4v) is 2.99. The van der Waals surface area contributed by atoms with Gasteiger partial charge in [0.2, 0.25) is 5.91 Å². The maximum atomic E-state index is 12.6. The Kier molecular flexibility index (Phi) is 5.60. The lowest BCUT2D eigenvalue weighted by Crippen LogP contribution is -2.41. The van der Waals surface area contributed by atoms with Crippen molar-refractivity contribution in [2.75, 3.05) is 19.7 Å². The van der Waals surface area contributed by atoms with Crippen LogP contribution >= 0.6 is 0 Å². The summed E-state index contributed by atoms with van der Waals surface area (Å²) in [5.74, 6) is -0.113. The molecule has 1 atom stereocenters. The first-order valence-electron chi connectivity index (χ1n) is 8.70. The van der Waals surface area contributed by atoms with E-state index in [-0.39, 0.29) is 24.1 Å². The van der Waals surface area contributed by atoms with Crippen molar-refractivity contribution in [1.82, 2.24) is 14.7 Å². The summed E-state index contributed by atoms with van der Waals surface area (Å²) < 4.78 is 6.85. The zero-order chi connectivity index (χ0) is 17.6. The molecule has 25 heavy (non-hydrogen) atoms. The molecule has 1 saturated heterocycles. The lowest BCUT2D eigenvalue weighted by Gasteiger charge is -2.24. The van der Waals surface area contributed by atoms with Gasteiger partial charge in [0, 0.05) is 31.3 Å². The molecule has 0 saturated carbocycles. The van der Waals surface area contributed by atoms with E-state index in [9.17, 15) is 9.59 Å². The Hall–Kier alpha value is -2.47. The SMILES string of the molecule is CCN(C[C@@H]1CCCO1)C(=O)Cn1nc(-c2ccccc2)ccc1=O. The van der Waals surface area contributed by atoms with Crippen molar-refractivity contribution in [2.24, 2.45) is 0 Å². The largest absolute Gasteiger partial charge is 0.376 e. The van der Waals surface area contributed by atoms with Crippen LogP contribution in [0.2, 0.25) is 0 Å². The highest BCUT2D eigenvalue weighted by Gasteiger charge is 2.22. The number of aromatic nitrogens is 2. The Bertz CT molecular complexity index is 767. The molecule has 0 radical (unpaired) electrons. The van der Waals surface area contributed by atoms with Crippen LogP contribution < -0.4 is 5.56 Å². The van der Waals surface area contributed by atoms with Crippen LogP contribution in [-0.4, -0.2) is 46.4 Å². The van der Waals surface area contributed by atoms with Crippen LogP contribution in [0.4, 0.5) is 0 Å². The van der Waals surface area contributed by atoms with Gasteiger partial charge in [-0.2, -0.15) is 5.10 Å². The van der Waals surface area contributed by atoms with Gasteiger partial charge in [-0.05, 0) is 25.8 Å². The van der Waals surface area contributed by atoms with Crippen molar-refractivity contribution in [3.63, 3.8) is 0 Å². The number of ether oxygens (including phenoxy) is 1. The van der Waals surface area contributed by atoms with Crippen LogP contribution in [0.25, 0.3) is 11.3 Å². The minimum absolute atomic E-state index is 0.0555. The van der Waals surface area contributed by atoms with Crippen LogP contribution in [-0.2, 0) is 16.1 Å². The van der Waals surface area contributed by atoms with Crippen LogP contribution in [0.5, 0.6) is 0 Å². The summed E-state index contributed by atoms with van der Waals surface area (Å²) in [6.45, 7) is 3.80. The molecule has 132 valence electrons. The predicted octanol–water partition coefficient (Wildman–Crippen LogP) is 1.94. The molecular formula is C19H23N3O3. The van der Waals surface area contributed by atoms with E-state index in [0.29, 0.717) is 18.8 Å². The highest BCUT2D eigenvalue weighted by atomic mass is 16.5. The fraction of sp³-hybridized carbons (Fsp3) is 0.421. The number of benzene rings is 1. The lowest BCUT2D eigenvalue weighted by atomic mass is 10.1. The van der Waals surface area contributed by atoms with Crippen molar-refractivity contribution in [3.05, 3.63) is 52.8 Å². The van der Waals surface area contributed by atoms with Crippen molar-refractivity contribution >= 4 is 5.91 Å². The van der Waals surface area contributed by atoms with Gasteiger partial charge in [0.1, 0.15) is 6.54 Å². The summed E-state index contributed by atoms with van der Waals surface area (Å²) in [5.41, 5.74) is 1.31. The van der Waals surface area contributed by atoms with Gasteiger partial charge in [-0.15, -0.1) is 0 Å². The molecule has 1 amide bonds. The van der Waals surface area contributed by atoms with Crippen LogP contribution in [0.1, 0.15) is 19.8 Å². The first-order valence-corrected chi connectivity index (χ1v) is 8.70. The van der Waals surface area contributed by atoms with Gasteiger partial charge in [-0.3, -0.25) is 9.59 Å². The number of hydrogen-bond acceptors (Lipinski definition) is 4. The Morgan fingerprint density at radius 2 is 2.08 bits per heavy atom. The van der Waals surface area contributed by atoms with Gasteiger partial charge in [-0.1, -0.05) is 30.3 Å². The molecule has 0 aliphatic carbocycles. The van der Waals surface area contributed by atoms with Gasteiger partial charge in [0.25, 0.3) is 5.56 Å². The minimum Gasteiger partial charge on any atom is -0.376 e. The topological polar surface area (TPSA) is 64.4 Å². The quantitative estimate of drug-likeness (QED) is 0.805. The van der Waals surface area contributed by atoms with Gasteiger partial charge in [0.05, 0.1) is 11.8 Å². The molecule has 0 spiro atoms. The van der Waals surface area contributed by atoms with Crippen LogP contribution in [0.3, 0.4) is 0 Å². The van der Waals surface area contributed by atoms with E-state index in [2.05, 4.69) is 5.10 Å². The number of carbonyl (C=O) groups is 1. The summed E-state index contributed by atoms with van der Waals surface area (Å²) >= 11 is 0. The molecule has 0 N–H and O–H groups in total. The molecule has 1 aliphatic rings. The maximum absolute atomic E-state index is 12.6. The van der Waals surface area contributed by atoms with Crippen molar-refractivity contribution < 1.29 is 9.53 Å². The van der Waals surface area contributed by atoms with E-state index in [1.54, 1.807) is 11.0 Å². The smallest absolute Gasteiger partial charge is 0.267 e. The standard InChI is InChI=1S/C19H23N3O3/c1-2-21(13-16-9-6-12-25-16)19(24)14-22-18(23)11-10-17(20-22)15-7-4-3-5-8-15/h3-5,7-8,10-11,16H,2,6,9,12-14H2,1H3/t16-/m0/s1. The number of rotatable bonds is 6. The molecule has 2 heterocycles. The third-order valence-electron chi connectivity index (χ3n) is 4.40. The average Bonchev–Trinajstić information content (AvgIpc) is 3.15. The first-order chi connectivity index (χ1) is 12.2. The molecule has 3 rings (SSSR count). The average molecular weight is 341 g/mol. The van der Waals surface area contributed by atoms with E-state index in [4.69, 9.17) is 4.74 Å². The molecule has 1 aromatic carbocycles. The second-order valence-corrected chi connectivity index (χ2v) is 6.15. The molecule has 1 aromatic heterocycles. The van der Waals surface area contributed by atoms with E-state index < -0.39 is 0 Å². The van der Waals surface area contributed by atoms with Gasteiger partial charge in [0.15, 0.2) is 0 Å². The Morgan fingerprint density at radius 1 is 1.28 bits per heavy atom. The molecular weight excluding hydrogens is 318 g/mol. The monoisotopic (exact) mass is 341 g/mol. The molecule has 2 aromatic rings. The van der Waals surface area contributed by atoms with E-state index in [1.165, 1.54) is 10.7 Å². The number of nitrogens with zero attached hydrogens (tertiary/aromatic N) is 3. The summed E-state index contributed by atoms with van der Waals surface area (Å²) in [5, 5.41) is 4.36. The summed E-state index contributed by atoms with van der Waals surface area (Å²) in [6.07, 6.45) is 2.12. The maximum Gasteiger partial charge on any atom is 0.267 e. The van der Waals surface area contributed by atoms with Gasteiger partial charge < -0.3 is 9.64 Å². The molecule has 0 bridgehead atoms. The molecule has 6 nitrogen and oxygen atoms in total. The summed E-state index contributed by atoms with van der Waals surface area (Å²) in [6, 6.07) is 12.7. The van der Waals surface area contributed by atoms with E-state index in [0.717, 1.165) is 25.0 Å². The molecule has 0 unspecified atom stereocenters. The van der Waals surface area contributed by atoms with Gasteiger partial charge >= 0.3 is 0 Å². The zero-order valence-corrected chi connectivity index (χ0v) is 14.4. The Morgan fingerprint density at radius 3 is 2.76 bits per heavy atom. The van der Waals surface area contributed by atoms with Crippen LogP contribution in [0.15, 0.2) is 47.3 Å². The van der Waals surface area contributed by atoms with E-state index >= 15 is 0 Å². The third kappa shape index (κ3) is 4.33. The van der Waals surface area contributed by atoms with E-state index in [1.807, 2.05) is 37.3 Å². The lowest BCUT2D eigenvalue weighted by molar-refractivity contribution is -0.133. The highest BCUT2D eigenvalue weighted by Crippen LogP contribution is 2.15. The Labute approximate surface area is 147 Å². The van der Waals surface area contributed by atoms with Crippen LogP contribution in [0, 0.1) is 0 Å². The normalized spacial score (nSPS) is 16.8. The second-order valence-electron chi connectivity index (χ2n) is 6.15. The fourth-order valence-electron chi connectivity index (χ4n) is 2.99. The number of hydrogen-bond donors (Lipinski definition) is 0. The predicted molar refractivity (Wildman–Crippen MR) is 95.2 cm³/mol. The molecule has 1 fully saturated rings. The minimum atomic E-state index is -0.277. The Balaban J connectivity index is 1.74. The third-order valence-corrected chi connectivity index (χ3v) is 4.40. The van der Waals surface area contributed by atoms with Gasteiger partial charge in [-0.25, -0.2) is 4.68 Å². The molecule has 6 heteroatoms. The second kappa shape index (κ2) is 8.07. The highest BCUT2D eigenvalue weighted by molar-refractivity contribution is 5.76.